The molecule has 2 aromatic rings. The third-order valence-corrected chi connectivity index (χ3v) is 6.54. The molecule has 0 saturated heterocycles. The molecule has 0 atom stereocenters. The van der Waals surface area contributed by atoms with E-state index in [2.05, 4.69) is 26.6 Å². The summed E-state index contributed by atoms with van der Waals surface area (Å²) in [7, 11) is 3.26. The van der Waals surface area contributed by atoms with Gasteiger partial charge in [-0.2, -0.15) is 0 Å². The van der Waals surface area contributed by atoms with Crippen LogP contribution in [0.25, 0.3) is 0 Å². The van der Waals surface area contributed by atoms with Crippen molar-refractivity contribution >= 4 is 0 Å². The first kappa shape index (κ1) is 38.5. The normalized spacial score (nSPS) is 11.2. The first-order valence-electron chi connectivity index (χ1n) is 15.7. The van der Waals surface area contributed by atoms with Gasteiger partial charge in [0.15, 0.2) is 23.0 Å². The predicted molar refractivity (Wildman–Crippen MR) is 175 cm³/mol. The second-order valence-corrected chi connectivity index (χ2v) is 10.0. The van der Waals surface area contributed by atoms with Crippen molar-refractivity contribution in [3.63, 3.8) is 0 Å². The highest BCUT2D eigenvalue weighted by Crippen LogP contribution is 2.30. The molecule has 0 heterocycles. The molecule has 0 amide bonds. The highest BCUT2D eigenvalue weighted by molar-refractivity contribution is 5.46. The number of para-hydroxylation sites is 2. The van der Waals surface area contributed by atoms with E-state index in [4.69, 9.17) is 28.4 Å². The minimum absolute atomic E-state index is 0.162. The fourth-order valence-corrected chi connectivity index (χ4v) is 4.09. The minimum Gasteiger partial charge on any atom is -0.504 e. The van der Waals surface area contributed by atoms with Gasteiger partial charge in [0.25, 0.3) is 0 Å². The van der Waals surface area contributed by atoms with Gasteiger partial charge in [-0.3, -0.25) is 0 Å². The first-order valence-corrected chi connectivity index (χ1v) is 15.7. The van der Waals surface area contributed by atoms with Crippen molar-refractivity contribution in [3.05, 3.63) is 47.5 Å². The molecule has 0 spiro atoms. The number of nitrogens with one attached hydrogen (secondary N) is 5. The molecule has 7 N–H and O–H groups in total. The molecule has 0 saturated carbocycles. The molecular weight excluding hydrogens is 582 g/mol. The SMILES string of the molecule is COCCOCCOc1cccc(CNCCNCCNCCNCCNCc2cccc(OCCOCCOC)c2O)c1O. The number of ether oxygens (including phenoxy) is 6. The van der Waals surface area contributed by atoms with Gasteiger partial charge in [-0.25, -0.2) is 0 Å². The van der Waals surface area contributed by atoms with Crippen LogP contribution in [0.4, 0.5) is 0 Å². The van der Waals surface area contributed by atoms with Crippen LogP contribution in [0.2, 0.25) is 0 Å². The van der Waals surface area contributed by atoms with Gasteiger partial charge in [0.1, 0.15) is 13.2 Å². The lowest BCUT2D eigenvalue weighted by atomic mass is 10.2. The number of hydrogen-bond acceptors (Lipinski definition) is 13. The summed E-state index contributed by atoms with van der Waals surface area (Å²) in [6, 6.07) is 11.0. The van der Waals surface area contributed by atoms with Crippen molar-refractivity contribution in [2.75, 3.05) is 119 Å². The van der Waals surface area contributed by atoms with Crippen LogP contribution in [0.5, 0.6) is 23.0 Å². The second-order valence-electron chi connectivity index (χ2n) is 10.0. The third kappa shape index (κ3) is 18.1. The average molecular weight is 638 g/mol. The fourth-order valence-electron chi connectivity index (χ4n) is 4.09. The van der Waals surface area contributed by atoms with Crippen molar-refractivity contribution in [2.45, 2.75) is 13.1 Å². The number of rotatable bonds is 30. The number of benzene rings is 2. The molecule has 2 aromatic carbocycles. The molecule has 45 heavy (non-hydrogen) atoms. The lowest BCUT2D eigenvalue weighted by Crippen LogP contribution is -2.36. The van der Waals surface area contributed by atoms with Crippen molar-refractivity contribution < 1.29 is 38.6 Å². The summed E-state index contributed by atoms with van der Waals surface area (Å²) in [5, 5.41) is 37.9. The van der Waals surface area contributed by atoms with Gasteiger partial charge in [0.05, 0.1) is 39.6 Å². The fraction of sp³-hybridized carbons (Fsp3) is 0.625. The summed E-state index contributed by atoms with van der Waals surface area (Å²) in [5.74, 6) is 1.25. The van der Waals surface area contributed by atoms with Crippen LogP contribution in [0.15, 0.2) is 36.4 Å². The molecule has 2 rings (SSSR count). The molecule has 256 valence electrons. The van der Waals surface area contributed by atoms with Crippen LogP contribution < -0.4 is 36.1 Å². The highest BCUT2D eigenvalue weighted by Gasteiger charge is 2.09. The Kier molecular flexibility index (Phi) is 22.6. The van der Waals surface area contributed by atoms with E-state index in [1.807, 2.05) is 24.3 Å². The van der Waals surface area contributed by atoms with Gasteiger partial charge in [-0.1, -0.05) is 24.3 Å². The molecule has 0 aliphatic heterocycles. The average Bonchev–Trinajstić information content (AvgIpc) is 3.05. The zero-order valence-electron chi connectivity index (χ0n) is 27.0. The van der Waals surface area contributed by atoms with Crippen LogP contribution in [-0.4, -0.2) is 130 Å². The lowest BCUT2D eigenvalue weighted by Gasteiger charge is -2.13. The maximum absolute atomic E-state index is 10.5. The van der Waals surface area contributed by atoms with E-state index in [1.54, 1.807) is 26.4 Å². The van der Waals surface area contributed by atoms with Gasteiger partial charge in [-0.15, -0.1) is 0 Å². The van der Waals surface area contributed by atoms with Crippen molar-refractivity contribution in [1.82, 2.24) is 26.6 Å². The molecule has 0 bridgehead atoms. The number of phenols is 2. The summed E-state index contributed by atoms with van der Waals surface area (Å²) in [6.45, 7) is 11.6. The molecule has 13 heteroatoms. The summed E-state index contributed by atoms with van der Waals surface area (Å²) in [6.07, 6.45) is 0. The number of aromatic hydroxyl groups is 2. The van der Waals surface area contributed by atoms with Crippen molar-refractivity contribution in [3.8, 4) is 23.0 Å². The molecular formula is C32H55N5O8. The van der Waals surface area contributed by atoms with E-state index in [0.717, 1.165) is 63.5 Å². The molecule has 0 aliphatic rings. The maximum atomic E-state index is 10.5. The Hall–Kier alpha value is -2.72. The van der Waals surface area contributed by atoms with E-state index in [9.17, 15) is 10.2 Å². The standard InChI is InChI=1S/C32H55N5O8/c1-40-17-19-42-21-23-44-29-7-3-5-27(31(29)38)25-36-15-13-34-11-9-33-10-12-35-14-16-37-26-28-6-4-8-30(32(28)39)45-24-22-43-20-18-41-2/h3-8,33-39H,9-26H2,1-2H3. The summed E-state index contributed by atoms with van der Waals surface area (Å²) >= 11 is 0. The van der Waals surface area contributed by atoms with Crippen LogP contribution in [-0.2, 0) is 32.0 Å². The Bertz CT molecular complexity index is 927. The van der Waals surface area contributed by atoms with Gasteiger partial charge in [0.2, 0.25) is 0 Å². The Morgan fingerprint density at radius 1 is 0.467 bits per heavy atom. The summed E-state index contributed by atoms with van der Waals surface area (Å²) in [5.41, 5.74) is 1.59. The molecule has 0 unspecified atom stereocenters. The Morgan fingerprint density at radius 2 is 0.822 bits per heavy atom. The van der Waals surface area contributed by atoms with Crippen LogP contribution >= 0.6 is 0 Å². The molecule has 13 nitrogen and oxygen atoms in total. The lowest BCUT2D eigenvalue weighted by molar-refractivity contribution is 0.0540. The van der Waals surface area contributed by atoms with Gasteiger partial charge in [0, 0.05) is 90.8 Å². The van der Waals surface area contributed by atoms with Crippen molar-refractivity contribution in [2.24, 2.45) is 0 Å². The topological polar surface area (TPSA) is 156 Å². The smallest absolute Gasteiger partial charge is 0.162 e. The monoisotopic (exact) mass is 637 g/mol. The number of phenolic OH excluding ortho intramolecular Hbond substituents is 2. The summed E-state index contributed by atoms with van der Waals surface area (Å²) < 4.78 is 31.9. The molecule has 0 fully saturated rings. The Labute approximate surface area is 268 Å². The van der Waals surface area contributed by atoms with E-state index in [0.29, 0.717) is 77.4 Å². The molecule has 0 aromatic heterocycles. The highest BCUT2D eigenvalue weighted by atomic mass is 16.5. The number of methoxy groups -OCH3 is 2. The minimum atomic E-state index is 0.162. The van der Waals surface area contributed by atoms with Crippen LogP contribution in [0, 0.1) is 0 Å². The van der Waals surface area contributed by atoms with Crippen molar-refractivity contribution in [1.29, 1.82) is 0 Å². The van der Waals surface area contributed by atoms with Crippen LogP contribution in [0.3, 0.4) is 0 Å². The summed E-state index contributed by atoms with van der Waals surface area (Å²) in [4.78, 5) is 0. The Morgan fingerprint density at radius 3 is 1.20 bits per heavy atom. The predicted octanol–water partition coefficient (Wildman–Crippen LogP) is 0.830. The number of hydrogen-bond donors (Lipinski definition) is 7. The second kappa shape index (κ2) is 26.5. The van der Waals surface area contributed by atoms with Gasteiger partial charge in [-0.05, 0) is 12.1 Å². The van der Waals surface area contributed by atoms with Gasteiger partial charge < -0.3 is 65.2 Å². The van der Waals surface area contributed by atoms with E-state index in [-0.39, 0.29) is 11.5 Å². The molecule has 0 aliphatic carbocycles. The zero-order valence-corrected chi connectivity index (χ0v) is 27.0. The van der Waals surface area contributed by atoms with E-state index >= 15 is 0 Å². The quantitative estimate of drug-likeness (QED) is 0.0606. The maximum Gasteiger partial charge on any atom is 0.162 e. The molecule has 0 radical (unpaired) electrons. The zero-order chi connectivity index (χ0) is 32.2. The van der Waals surface area contributed by atoms with Gasteiger partial charge >= 0.3 is 0 Å². The van der Waals surface area contributed by atoms with Crippen LogP contribution in [0.1, 0.15) is 11.1 Å². The van der Waals surface area contributed by atoms with E-state index in [1.165, 1.54) is 0 Å². The van der Waals surface area contributed by atoms with E-state index < -0.39 is 0 Å². The largest absolute Gasteiger partial charge is 0.504 e. The first-order chi connectivity index (χ1) is 22.2. The Balaban J connectivity index is 1.40. The third-order valence-electron chi connectivity index (χ3n) is 6.54.